The van der Waals surface area contributed by atoms with E-state index in [0.717, 1.165) is 45.3 Å². The minimum absolute atomic E-state index is 0.0960. The summed E-state index contributed by atoms with van der Waals surface area (Å²) >= 11 is 0. The van der Waals surface area contributed by atoms with E-state index in [1.807, 2.05) is 11.0 Å². The molecule has 4 rings (SSSR count). The Morgan fingerprint density at radius 3 is 2.38 bits per heavy atom. The number of hydrogen-bond donors (Lipinski definition) is 1. The van der Waals surface area contributed by atoms with Crippen LogP contribution >= 0.6 is 0 Å². The van der Waals surface area contributed by atoms with Crippen LogP contribution in [0.15, 0.2) is 54.6 Å². The monoisotopic (exact) mass is 466 g/mol. The second-order valence-corrected chi connectivity index (χ2v) is 9.32. The number of urea groups is 1. The highest BCUT2D eigenvalue weighted by molar-refractivity contribution is 5.90. The fourth-order valence-corrected chi connectivity index (χ4v) is 4.98. The van der Waals surface area contributed by atoms with Crippen molar-refractivity contribution in [3.63, 3.8) is 0 Å². The fourth-order valence-electron chi connectivity index (χ4n) is 4.98. The molecule has 3 amide bonds. The molecule has 2 aromatic carbocycles. The van der Waals surface area contributed by atoms with E-state index in [-0.39, 0.29) is 23.8 Å². The molecule has 1 saturated heterocycles. The zero-order chi connectivity index (χ0) is 23.8. The smallest absolute Gasteiger partial charge is 0.322 e. The number of nitrogens with zero attached hydrogens (tertiary/aromatic N) is 3. The van der Waals surface area contributed by atoms with Crippen molar-refractivity contribution in [1.82, 2.24) is 14.7 Å². The van der Waals surface area contributed by atoms with Crippen molar-refractivity contribution in [3.8, 4) is 0 Å². The van der Waals surface area contributed by atoms with Crippen LogP contribution in [0.1, 0.15) is 44.1 Å². The summed E-state index contributed by atoms with van der Waals surface area (Å²) in [4.78, 5) is 32.2. The van der Waals surface area contributed by atoms with Gasteiger partial charge in [-0.25, -0.2) is 9.18 Å². The molecule has 0 aromatic heterocycles. The van der Waals surface area contributed by atoms with Gasteiger partial charge in [-0.2, -0.15) is 0 Å². The Bertz CT molecular complexity index is 941. The van der Waals surface area contributed by atoms with Gasteiger partial charge in [0.15, 0.2) is 0 Å². The van der Waals surface area contributed by atoms with Crippen LogP contribution in [0, 0.1) is 5.82 Å². The van der Waals surface area contributed by atoms with E-state index in [4.69, 9.17) is 0 Å². The molecule has 34 heavy (non-hydrogen) atoms. The third-order valence-corrected chi connectivity index (χ3v) is 6.89. The van der Waals surface area contributed by atoms with Gasteiger partial charge in [-0.05, 0) is 36.6 Å². The van der Waals surface area contributed by atoms with Crippen LogP contribution in [0.25, 0.3) is 0 Å². The van der Waals surface area contributed by atoms with Gasteiger partial charge < -0.3 is 15.1 Å². The lowest BCUT2D eigenvalue weighted by molar-refractivity contribution is -0.133. The van der Waals surface area contributed by atoms with Crippen LogP contribution in [0.3, 0.4) is 0 Å². The quantitative estimate of drug-likeness (QED) is 0.642. The van der Waals surface area contributed by atoms with E-state index in [0.29, 0.717) is 31.7 Å². The maximum Gasteiger partial charge on any atom is 0.322 e. The summed E-state index contributed by atoms with van der Waals surface area (Å²) in [5, 5.41) is 2.83. The van der Waals surface area contributed by atoms with Gasteiger partial charge in [0.1, 0.15) is 5.82 Å². The predicted molar refractivity (Wildman–Crippen MR) is 132 cm³/mol. The van der Waals surface area contributed by atoms with Gasteiger partial charge in [0, 0.05) is 57.4 Å². The molecule has 0 unspecified atom stereocenters. The number of piperazine rings is 1. The Labute approximate surface area is 201 Å². The van der Waals surface area contributed by atoms with Gasteiger partial charge in [0.05, 0.1) is 0 Å². The SMILES string of the molecule is O=C(CCN(C(=O)Nc1cccc(F)c1)C1CCCCC1)N1CCN(Cc2ccccc2)CC1. The third kappa shape index (κ3) is 6.79. The number of carbonyl (C=O) groups excluding carboxylic acids is 2. The van der Waals surface area contributed by atoms with Crippen LogP contribution in [0.2, 0.25) is 0 Å². The van der Waals surface area contributed by atoms with Crippen LogP contribution in [0.4, 0.5) is 14.9 Å². The topological polar surface area (TPSA) is 55.9 Å². The van der Waals surface area contributed by atoms with Crippen molar-refractivity contribution in [2.75, 3.05) is 38.0 Å². The molecule has 0 radical (unpaired) electrons. The lowest BCUT2D eigenvalue weighted by Gasteiger charge is -2.37. The second kappa shape index (κ2) is 12.0. The molecule has 1 heterocycles. The molecule has 0 atom stereocenters. The summed E-state index contributed by atoms with van der Waals surface area (Å²) in [6.45, 7) is 4.42. The number of hydrogen-bond acceptors (Lipinski definition) is 3. The molecule has 1 aliphatic carbocycles. The lowest BCUT2D eigenvalue weighted by atomic mass is 9.94. The highest BCUT2D eigenvalue weighted by Gasteiger charge is 2.28. The Morgan fingerprint density at radius 2 is 1.68 bits per heavy atom. The fraction of sp³-hybridized carbons (Fsp3) is 0.481. The van der Waals surface area contributed by atoms with Crippen molar-refractivity contribution in [2.45, 2.75) is 51.1 Å². The third-order valence-electron chi connectivity index (χ3n) is 6.89. The first kappa shape index (κ1) is 24.2. The maximum atomic E-state index is 13.6. The molecule has 1 saturated carbocycles. The summed E-state index contributed by atoms with van der Waals surface area (Å²) in [5.74, 6) is -0.290. The number of amides is 3. The second-order valence-electron chi connectivity index (χ2n) is 9.32. The average molecular weight is 467 g/mol. The summed E-state index contributed by atoms with van der Waals surface area (Å²) in [6, 6.07) is 16.2. The van der Waals surface area contributed by atoms with E-state index in [9.17, 15) is 14.0 Å². The number of carbonyl (C=O) groups is 2. The van der Waals surface area contributed by atoms with E-state index in [2.05, 4.69) is 34.5 Å². The molecule has 6 nitrogen and oxygen atoms in total. The number of nitrogens with one attached hydrogen (secondary N) is 1. The summed E-state index contributed by atoms with van der Waals surface area (Å²) in [7, 11) is 0. The Morgan fingerprint density at radius 1 is 0.941 bits per heavy atom. The number of halogens is 1. The first-order valence-corrected chi connectivity index (χ1v) is 12.5. The summed E-state index contributed by atoms with van der Waals surface area (Å²) < 4.78 is 13.6. The first-order valence-electron chi connectivity index (χ1n) is 12.5. The maximum absolute atomic E-state index is 13.6. The Hall–Kier alpha value is -2.93. The molecule has 7 heteroatoms. The predicted octanol–water partition coefficient (Wildman–Crippen LogP) is 4.73. The minimum atomic E-state index is -0.386. The standard InChI is InChI=1S/C27H35FN4O2/c28-23-10-7-11-24(20-23)29-27(34)32(25-12-5-2-6-13-25)15-14-26(33)31-18-16-30(17-19-31)21-22-8-3-1-4-9-22/h1,3-4,7-11,20,25H,2,5-6,12-19,21H2,(H,29,34). The molecule has 2 aliphatic rings. The summed E-state index contributed by atoms with van der Waals surface area (Å²) in [5.41, 5.74) is 1.72. The van der Waals surface area contributed by atoms with Crippen molar-refractivity contribution < 1.29 is 14.0 Å². The van der Waals surface area contributed by atoms with Crippen molar-refractivity contribution >= 4 is 17.6 Å². The van der Waals surface area contributed by atoms with Crippen molar-refractivity contribution in [1.29, 1.82) is 0 Å². The van der Waals surface area contributed by atoms with Gasteiger partial charge in [-0.1, -0.05) is 55.7 Å². The normalized spacial score (nSPS) is 17.4. The molecule has 0 spiro atoms. The Balaban J connectivity index is 1.30. The number of benzene rings is 2. The van der Waals surface area contributed by atoms with E-state index < -0.39 is 0 Å². The van der Waals surface area contributed by atoms with E-state index in [1.165, 1.54) is 24.1 Å². The Kier molecular flexibility index (Phi) is 8.52. The van der Waals surface area contributed by atoms with Crippen LogP contribution in [-0.4, -0.2) is 65.4 Å². The van der Waals surface area contributed by atoms with Gasteiger partial charge in [-0.3, -0.25) is 9.69 Å². The highest BCUT2D eigenvalue weighted by Crippen LogP contribution is 2.24. The summed E-state index contributed by atoms with van der Waals surface area (Å²) in [6.07, 6.45) is 5.57. The zero-order valence-electron chi connectivity index (χ0n) is 19.8. The minimum Gasteiger partial charge on any atom is -0.340 e. The molecule has 0 bridgehead atoms. The zero-order valence-corrected chi connectivity index (χ0v) is 19.8. The van der Waals surface area contributed by atoms with Gasteiger partial charge in [0.25, 0.3) is 0 Å². The molecule has 1 N–H and O–H groups in total. The van der Waals surface area contributed by atoms with Gasteiger partial charge in [-0.15, -0.1) is 0 Å². The van der Waals surface area contributed by atoms with Gasteiger partial charge >= 0.3 is 6.03 Å². The van der Waals surface area contributed by atoms with E-state index in [1.54, 1.807) is 17.0 Å². The molecular formula is C27H35FN4O2. The van der Waals surface area contributed by atoms with E-state index >= 15 is 0 Å². The highest BCUT2D eigenvalue weighted by atomic mass is 19.1. The molecule has 2 aromatic rings. The van der Waals surface area contributed by atoms with Crippen molar-refractivity contribution in [3.05, 3.63) is 66.0 Å². The van der Waals surface area contributed by atoms with Crippen molar-refractivity contribution in [2.24, 2.45) is 0 Å². The molecule has 1 aliphatic heterocycles. The first-order chi connectivity index (χ1) is 16.6. The van der Waals surface area contributed by atoms with Crippen LogP contribution in [0.5, 0.6) is 0 Å². The van der Waals surface area contributed by atoms with Gasteiger partial charge in [0.2, 0.25) is 5.91 Å². The number of rotatable bonds is 7. The number of anilines is 1. The van der Waals surface area contributed by atoms with Crippen LogP contribution < -0.4 is 5.32 Å². The lowest BCUT2D eigenvalue weighted by Crippen LogP contribution is -2.50. The molecular weight excluding hydrogens is 431 g/mol. The molecule has 182 valence electrons. The average Bonchev–Trinajstić information content (AvgIpc) is 2.86. The van der Waals surface area contributed by atoms with Crippen LogP contribution in [-0.2, 0) is 11.3 Å². The largest absolute Gasteiger partial charge is 0.340 e. The molecule has 2 fully saturated rings.